The first-order chi connectivity index (χ1) is 7.49. The average Bonchev–Trinajstić information content (AvgIpc) is 2.19. The minimum absolute atomic E-state index is 0.0187. The van der Waals surface area contributed by atoms with Crippen molar-refractivity contribution in [3.05, 3.63) is 40.7 Å². The molecule has 0 bridgehead atoms. The van der Waals surface area contributed by atoms with Gasteiger partial charge in [-0.05, 0) is 24.6 Å². The number of benzene rings is 1. The van der Waals surface area contributed by atoms with Crippen molar-refractivity contribution in [1.29, 1.82) is 0 Å². The maximum absolute atomic E-state index is 13.0. The molecule has 0 spiro atoms. The molecule has 0 aliphatic rings. The van der Waals surface area contributed by atoms with E-state index < -0.39 is 11.8 Å². The predicted octanol–water partition coefficient (Wildman–Crippen LogP) is 2.89. The zero-order chi connectivity index (χ0) is 12.1. The highest BCUT2D eigenvalue weighted by atomic mass is 35.5. The highest BCUT2D eigenvalue weighted by Crippen LogP contribution is 2.20. The van der Waals surface area contributed by atoms with E-state index >= 15 is 0 Å². The lowest BCUT2D eigenvalue weighted by molar-refractivity contribution is -0.131. The number of carbonyl (C=O) groups is 1. The largest absolute Gasteiger partial charge is 0.489 e. The van der Waals surface area contributed by atoms with Crippen LogP contribution >= 0.6 is 11.6 Å². The number of hydrogen-bond acceptors (Lipinski definition) is 2. The van der Waals surface area contributed by atoms with Gasteiger partial charge in [0.2, 0.25) is 0 Å². The third kappa shape index (κ3) is 3.90. The summed E-state index contributed by atoms with van der Waals surface area (Å²) in [4.78, 5) is 10.3. The van der Waals surface area contributed by atoms with Crippen LogP contribution in [0.4, 0.5) is 4.39 Å². The lowest BCUT2D eigenvalue weighted by Crippen LogP contribution is -2.01. The summed E-state index contributed by atoms with van der Waals surface area (Å²) in [6, 6.07) is 4.04. The van der Waals surface area contributed by atoms with Crippen molar-refractivity contribution in [3.8, 4) is 5.75 Å². The second-order valence-corrected chi connectivity index (χ2v) is 3.60. The molecule has 0 saturated heterocycles. The molecule has 0 aliphatic carbocycles. The molecule has 0 amide bonds. The molecule has 1 N–H and O–H groups in total. The molecule has 1 aromatic rings. The van der Waals surface area contributed by atoms with Crippen molar-refractivity contribution < 1.29 is 19.0 Å². The number of rotatable bonds is 4. The standard InChI is InChI=1S/C11H10ClFO3/c1-7(4-11(14)15)6-16-8-2-3-9(12)10(13)5-8/h2-5H,6H2,1H3,(H,14,15)/b7-4-. The summed E-state index contributed by atoms with van der Waals surface area (Å²) in [7, 11) is 0. The van der Waals surface area contributed by atoms with Gasteiger partial charge < -0.3 is 9.84 Å². The van der Waals surface area contributed by atoms with Crippen molar-refractivity contribution in [2.75, 3.05) is 6.61 Å². The predicted molar refractivity (Wildman–Crippen MR) is 58.3 cm³/mol. The van der Waals surface area contributed by atoms with Gasteiger partial charge in [-0.25, -0.2) is 9.18 Å². The fraction of sp³-hybridized carbons (Fsp3) is 0.182. The van der Waals surface area contributed by atoms with Crippen LogP contribution in [0.2, 0.25) is 5.02 Å². The van der Waals surface area contributed by atoms with Gasteiger partial charge in [-0.2, -0.15) is 0 Å². The summed E-state index contributed by atoms with van der Waals surface area (Å²) in [5.41, 5.74) is 0.530. The molecule has 0 aliphatic heterocycles. The Morgan fingerprint density at radius 1 is 1.62 bits per heavy atom. The Morgan fingerprint density at radius 3 is 2.88 bits per heavy atom. The molecule has 1 rings (SSSR count). The van der Waals surface area contributed by atoms with Crippen molar-refractivity contribution in [3.63, 3.8) is 0 Å². The third-order valence-electron chi connectivity index (χ3n) is 1.73. The molecule has 0 unspecified atom stereocenters. The summed E-state index contributed by atoms with van der Waals surface area (Å²) in [5.74, 6) is -1.30. The Balaban J connectivity index is 2.61. The van der Waals surface area contributed by atoms with Crippen LogP contribution in [0.3, 0.4) is 0 Å². The molecule has 0 heterocycles. The maximum atomic E-state index is 13.0. The summed E-state index contributed by atoms with van der Waals surface area (Å²) >= 11 is 5.49. The van der Waals surface area contributed by atoms with Gasteiger partial charge in [0.15, 0.2) is 0 Å². The van der Waals surface area contributed by atoms with Gasteiger partial charge in [0.05, 0.1) is 5.02 Å². The van der Waals surface area contributed by atoms with E-state index in [0.29, 0.717) is 11.3 Å². The highest BCUT2D eigenvalue weighted by molar-refractivity contribution is 6.30. The zero-order valence-electron chi connectivity index (χ0n) is 8.54. The summed E-state index contributed by atoms with van der Waals surface area (Å²) in [6.45, 7) is 1.70. The quantitative estimate of drug-likeness (QED) is 0.829. The summed E-state index contributed by atoms with van der Waals surface area (Å²) in [5, 5.41) is 8.47. The molecular formula is C11H10ClFO3. The first-order valence-corrected chi connectivity index (χ1v) is 4.85. The maximum Gasteiger partial charge on any atom is 0.328 e. The highest BCUT2D eigenvalue weighted by Gasteiger charge is 2.02. The molecule has 0 fully saturated rings. The van der Waals surface area contributed by atoms with Crippen molar-refractivity contribution in [2.24, 2.45) is 0 Å². The van der Waals surface area contributed by atoms with Gasteiger partial charge in [0, 0.05) is 12.1 Å². The van der Waals surface area contributed by atoms with Crippen LogP contribution in [0.25, 0.3) is 0 Å². The Hall–Kier alpha value is -1.55. The first kappa shape index (κ1) is 12.5. The minimum Gasteiger partial charge on any atom is -0.489 e. The molecule has 0 saturated carbocycles. The van der Waals surface area contributed by atoms with Crippen LogP contribution in [0, 0.1) is 5.82 Å². The monoisotopic (exact) mass is 244 g/mol. The van der Waals surface area contributed by atoms with Crippen LogP contribution in [0.15, 0.2) is 29.8 Å². The van der Waals surface area contributed by atoms with E-state index in [2.05, 4.69) is 0 Å². The zero-order valence-corrected chi connectivity index (χ0v) is 9.29. The van der Waals surface area contributed by atoms with Gasteiger partial charge in [0.25, 0.3) is 0 Å². The molecular weight excluding hydrogens is 235 g/mol. The van der Waals surface area contributed by atoms with E-state index in [-0.39, 0.29) is 11.6 Å². The van der Waals surface area contributed by atoms with E-state index in [1.165, 1.54) is 12.1 Å². The molecule has 86 valence electrons. The average molecular weight is 245 g/mol. The fourth-order valence-electron chi connectivity index (χ4n) is 1.02. The molecule has 0 radical (unpaired) electrons. The van der Waals surface area contributed by atoms with Crippen LogP contribution in [0.5, 0.6) is 5.75 Å². The van der Waals surface area contributed by atoms with Crippen LogP contribution < -0.4 is 4.74 Å². The fourth-order valence-corrected chi connectivity index (χ4v) is 1.13. The molecule has 0 aromatic heterocycles. The van der Waals surface area contributed by atoms with E-state index in [9.17, 15) is 9.18 Å². The van der Waals surface area contributed by atoms with Crippen LogP contribution in [-0.4, -0.2) is 17.7 Å². The Kier molecular flexibility index (Phi) is 4.31. The topological polar surface area (TPSA) is 46.5 Å². The van der Waals surface area contributed by atoms with Crippen molar-refractivity contribution >= 4 is 17.6 Å². The number of aliphatic carboxylic acids is 1. The van der Waals surface area contributed by atoms with Crippen molar-refractivity contribution in [1.82, 2.24) is 0 Å². The normalized spacial score (nSPS) is 11.3. The van der Waals surface area contributed by atoms with E-state index in [1.54, 1.807) is 6.92 Å². The van der Waals surface area contributed by atoms with Gasteiger partial charge in [-0.3, -0.25) is 0 Å². The Bertz CT molecular complexity index is 429. The smallest absolute Gasteiger partial charge is 0.328 e. The van der Waals surface area contributed by atoms with Crippen LogP contribution in [0.1, 0.15) is 6.92 Å². The van der Waals surface area contributed by atoms with E-state index in [1.807, 2.05) is 0 Å². The Morgan fingerprint density at radius 2 is 2.31 bits per heavy atom. The van der Waals surface area contributed by atoms with Gasteiger partial charge in [-0.1, -0.05) is 11.6 Å². The van der Waals surface area contributed by atoms with Crippen LogP contribution in [-0.2, 0) is 4.79 Å². The number of halogens is 2. The second-order valence-electron chi connectivity index (χ2n) is 3.19. The molecule has 5 heteroatoms. The molecule has 1 aromatic carbocycles. The van der Waals surface area contributed by atoms with Gasteiger partial charge in [0.1, 0.15) is 18.2 Å². The van der Waals surface area contributed by atoms with Gasteiger partial charge in [-0.15, -0.1) is 0 Å². The number of hydrogen-bond donors (Lipinski definition) is 1. The third-order valence-corrected chi connectivity index (χ3v) is 2.03. The summed E-state index contributed by atoms with van der Waals surface area (Å²) < 4.78 is 18.2. The lowest BCUT2D eigenvalue weighted by atomic mass is 10.3. The number of carboxylic acids is 1. The Labute approximate surface area is 97.1 Å². The van der Waals surface area contributed by atoms with Crippen molar-refractivity contribution in [2.45, 2.75) is 6.92 Å². The second kappa shape index (κ2) is 5.51. The molecule has 0 atom stereocenters. The molecule has 3 nitrogen and oxygen atoms in total. The van der Waals surface area contributed by atoms with E-state index in [0.717, 1.165) is 12.1 Å². The molecule has 16 heavy (non-hydrogen) atoms. The number of carboxylic acid groups (broad SMARTS) is 1. The van der Waals surface area contributed by atoms with E-state index in [4.69, 9.17) is 21.4 Å². The van der Waals surface area contributed by atoms with Gasteiger partial charge >= 0.3 is 5.97 Å². The first-order valence-electron chi connectivity index (χ1n) is 4.47. The summed E-state index contributed by atoms with van der Waals surface area (Å²) in [6.07, 6.45) is 1.03. The minimum atomic E-state index is -1.04. The number of ether oxygens (including phenoxy) is 1. The SMILES string of the molecule is C/C(=C/C(=O)O)COc1ccc(Cl)c(F)c1. The lowest BCUT2D eigenvalue weighted by Gasteiger charge is -2.06.